The van der Waals surface area contributed by atoms with Crippen LogP contribution in [0.1, 0.15) is 78.6 Å². The van der Waals surface area contributed by atoms with Crippen molar-refractivity contribution in [1.82, 2.24) is 10.2 Å². The minimum Gasteiger partial charge on any atom is -0.444 e. The number of nitrogens with zero attached hydrogens (tertiary/aromatic N) is 2. The summed E-state index contributed by atoms with van der Waals surface area (Å²) in [6.45, 7) is 5.81. The van der Waals surface area contributed by atoms with Gasteiger partial charge in [-0.2, -0.15) is 27.2 Å². The molecule has 0 unspecified atom stereocenters. The van der Waals surface area contributed by atoms with E-state index in [1.165, 1.54) is 4.90 Å². The van der Waals surface area contributed by atoms with Crippen LogP contribution in [-0.4, -0.2) is 53.2 Å². The second-order valence-electron chi connectivity index (χ2n) is 9.18. The molecule has 2 amide bonds. The van der Waals surface area contributed by atoms with Gasteiger partial charge in [0.25, 0.3) is 0 Å². The van der Waals surface area contributed by atoms with E-state index in [2.05, 4.69) is 11.4 Å². The van der Waals surface area contributed by atoms with Crippen molar-refractivity contribution in [3.8, 4) is 6.07 Å². The smallest absolute Gasteiger partial charge is 0.444 e. The fraction of sp³-hybridized carbons (Fsp3) is 0.857. The molecule has 0 aromatic rings. The summed E-state index contributed by atoms with van der Waals surface area (Å²) in [6.07, 6.45) is -5.21. The van der Waals surface area contributed by atoms with Crippen LogP contribution in [0.25, 0.3) is 0 Å². The number of likely N-dealkylation sites (tertiary alicyclic amines) is 1. The van der Waals surface area contributed by atoms with Gasteiger partial charge in [0.2, 0.25) is 5.91 Å². The number of piperidine rings is 1. The number of unbranched alkanes of at least 4 members (excludes halogenated alkanes) is 4. The molecular weight excluding hydrogens is 437 g/mol. The number of ether oxygens (including phenoxy) is 1. The number of carbonyl (C=O) groups excluding carboxylic acids is 2. The van der Waals surface area contributed by atoms with E-state index < -0.39 is 35.8 Å². The largest absolute Gasteiger partial charge is 0.453 e. The van der Waals surface area contributed by atoms with Crippen LogP contribution in [0.3, 0.4) is 0 Å². The minimum absolute atomic E-state index is 0.123. The SMILES string of the molecule is CC(C)(C)OC(=O)N1CCC(C#N)(NC(=O)CCCCCCCC(F)(F)C(F)(F)F)CC1. The Morgan fingerprint density at radius 1 is 1.00 bits per heavy atom. The van der Waals surface area contributed by atoms with Crippen molar-refractivity contribution >= 4 is 12.0 Å². The number of hydrogen-bond donors (Lipinski definition) is 1. The van der Waals surface area contributed by atoms with Crippen molar-refractivity contribution < 1.29 is 36.3 Å². The Morgan fingerprint density at radius 2 is 1.53 bits per heavy atom. The number of nitrogens with one attached hydrogen (secondary N) is 1. The number of nitriles is 1. The molecule has 1 rings (SSSR count). The molecule has 6 nitrogen and oxygen atoms in total. The molecular formula is C21H32F5N3O3. The number of halogens is 5. The summed E-state index contributed by atoms with van der Waals surface area (Å²) in [7, 11) is 0. The molecule has 0 atom stereocenters. The van der Waals surface area contributed by atoms with Crippen LogP contribution in [0.4, 0.5) is 26.7 Å². The number of carbonyl (C=O) groups is 2. The quantitative estimate of drug-likeness (QED) is 0.366. The highest BCUT2D eigenvalue weighted by Gasteiger charge is 2.56. The average molecular weight is 469 g/mol. The molecule has 184 valence electrons. The van der Waals surface area contributed by atoms with Crippen molar-refractivity contribution in [1.29, 1.82) is 5.26 Å². The normalized spacial score (nSPS) is 16.9. The standard InChI is InChI=1S/C21H32F5N3O3/c1-18(2,3)32-17(31)29-13-11-19(15-27,12-14-29)28-16(30)9-7-5-4-6-8-10-20(22,23)21(24,25)26/h4-14H2,1-3H3,(H,28,30). The molecule has 0 radical (unpaired) electrons. The highest BCUT2D eigenvalue weighted by molar-refractivity contribution is 5.77. The van der Waals surface area contributed by atoms with Gasteiger partial charge in [0.1, 0.15) is 11.1 Å². The Hall–Kier alpha value is -2.12. The van der Waals surface area contributed by atoms with E-state index in [1.54, 1.807) is 20.8 Å². The van der Waals surface area contributed by atoms with Crippen LogP contribution >= 0.6 is 0 Å². The Balaban J connectivity index is 2.30. The second kappa shape index (κ2) is 11.1. The Morgan fingerprint density at radius 3 is 2.03 bits per heavy atom. The lowest BCUT2D eigenvalue weighted by Gasteiger charge is -2.38. The second-order valence-corrected chi connectivity index (χ2v) is 9.18. The minimum atomic E-state index is -5.52. The number of alkyl halides is 5. The van der Waals surface area contributed by atoms with Gasteiger partial charge >= 0.3 is 18.2 Å². The summed E-state index contributed by atoms with van der Waals surface area (Å²) >= 11 is 0. The number of rotatable bonds is 9. The molecule has 1 saturated heterocycles. The fourth-order valence-corrected chi connectivity index (χ4v) is 3.30. The van der Waals surface area contributed by atoms with E-state index in [0.29, 0.717) is 19.3 Å². The zero-order valence-electron chi connectivity index (χ0n) is 18.8. The van der Waals surface area contributed by atoms with Crippen LogP contribution in [0.15, 0.2) is 0 Å². The van der Waals surface area contributed by atoms with Gasteiger partial charge in [-0.15, -0.1) is 0 Å². The van der Waals surface area contributed by atoms with E-state index in [0.717, 1.165) is 0 Å². The van der Waals surface area contributed by atoms with E-state index in [-0.39, 0.29) is 51.1 Å². The molecule has 0 aromatic heterocycles. The Kier molecular flexibility index (Phi) is 9.72. The molecule has 1 aliphatic heterocycles. The van der Waals surface area contributed by atoms with Crippen molar-refractivity contribution in [3.63, 3.8) is 0 Å². The maximum atomic E-state index is 12.8. The summed E-state index contributed by atoms with van der Waals surface area (Å²) in [5.41, 5.74) is -1.70. The average Bonchev–Trinajstić information content (AvgIpc) is 2.65. The van der Waals surface area contributed by atoms with Gasteiger partial charge in [-0.05, 0) is 33.6 Å². The highest BCUT2D eigenvalue weighted by Crippen LogP contribution is 2.39. The lowest BCUT2D eigenvalue weighted by molar-refractivity contribution is -0.284. The molecule has 1 fully saturated rings. The van der Waals surface area contributed by atoms with Gasteiger partial charge in [0, 0.05) is 38.8 Å². The number of hydrogen-bond acceptors (Lipinski definition) is 4. The van der Waals surface area contributed by atoms with Gasteiger partial charge < -0.3 is 15.0 Å². The van der Waals surface area contributed by atoms with Gasteiger partial charge in [-0.25, -0.2) is 4.79 Å². The first kappa shape index (κ1) is 27.9. The summed E-state index contributed by atoms with van der Waals surface area (Å²) < 4.78 is 67.2. The number of amides is 2. The zero-order valence-corrected chi connectivity index (χ0v) is 18.8. The Labute approximate surface area is 185 Å². The van der Waals surface area contributed by atoms with Crippen molar-refractivity contribution in [2.75, 3.05) is 13.1 Å². The molecule has 0 bridgehead atoms. The molecule has 1 aliphatic rings. The third-order valence-electron chi connectivity index (χ3n) is 5.17. The van der Waals surface area contributed by atoms with E-state index in [4.69, 9.17) is 4.74 Å². The zero-order chi connectivity index (χ0) is 24.6. The van der Waals surface area contributed by atoms with Crippen LogP contribution < -0.4 is 5.32 Å². The topological polar surface area (TPSA) is 82.4 Å². The first-order chi connectivity index (χ1) is 14.6. The first-order valence-electron chi connectivity index (χ1n) is 10.8. The monoisotopic (exact) mass is 469 g/mol. The van der Waals surface area contributed by atoms with Gasteiger partial charge in [-0.1, -0.05) is 19.3 Å². The van der Waals surface area contributed by atoms with Gasteiger partial charge in [0.05, 0.1) is 6.07 Å². The Bertz CT molecular complexity index is 676. The summed E-state index contributed by atoms with van der Waals surface area (Å²) in [6, 6.07) is 2.13. The molecule has 1 heterocycles. The third kappa shape index (κ3) is 9.17. The molecule has 0 aromatic carbocycles. The third-order valence-corrected chi connectivity index (χ3v) is 5.17. The lowest BCUT2D eigenvalue weighted by Crippen LogP contribution is -2.55. The van der Waals surface area contributed by atoms with Crippen LogP contribution in [0.5, 0.6) is 0 Å². The van der Waals surface area contributed by atoms with Crippen molar-refractivity contribution in [3.05, 3.63) is 0 Å². The fourth-order valence-electron chi connectivity index (χ4n) is 3.30. The summed E-state index contributed by atoms with van der Waals surface area (Å²) in [5, 5.41) is 12.3. The predicted molar refractivity (Wildman–Crippen MR) is 107 cm³/mol. The molecule has 0 spiro atoms. The van der Waals surface area contributed by atoms with Crippen LogP contribution in [-0.2, 0) is 9.53 Å². The first-order valence-corrected chi connectivity index (χ1v) is 10.8. The maximum absolute atomic E-state index is 12.8. The molecule has 0 saturated carbocycles. The summed E-state index contributed by atoms with van der Waals surface area (Å²) in [5.74, 6) is -5.00. The van der Waals surface area contributed by atoms with Crippen molar-refractivity contribution in [2.24, 2.45) is 0 Å². The van der Waals surface area contributed by atoms with Crippen LogP contribution in [0, 0.1) is 11.3 Å². The summed E-state index contributed by atoms with van der Waals surface area (Å²) in [4.78, 5) is 25.8. The van der Waals surface area contributed by atoms with Crippen molar-refractivity contribution in [2.45, 2.75) is 102 Å². The van der Waals surface area contributed by atoms with E-state index in [9.17, 15) is 36.8 Å². The molecule has 32 heavy (non-hydrogen) atoms. The predicted octanol–water partition coefficient (Wildman–Crippen LogP) is 5.32. The van der Waals surface area contributed by atoms with Crippen LogP contribution in [0.2, 0.25) is 0 Å². The van der Waals surface area contributed by atoms with E-state index >= 15 is 0 Å². The van der Waals surface area contributed by atoms with E-state index in [1.807, 2.05) is 0 Å². The lowest BCUT2D eigenvalue weighted by atomic mass is 9.89. The molecule has 11 heteroatoms. The van der Waals surface area contributed by atoms with Gasteiger partial charge in [-0.3, -0.25) is 4.79 Å². The molecule has 0 aliphatic carbocycles. The highest BCUT2D eigenvalue weighted by atomic mass is 19.4. The maximum Gasteiger partial charge on any atom is 0.453 e. The van der Waals surface area contributed by atoms with Gasteiger partial charge in [0.15, 0.2) is 0 Å². The molecule has 1 N–H and O–H groups in total.